The van der Waals surface area contributed by atoms with Crippen LogP contribution in [0.4, 0.5) is 13.2 Å². The number of halogens is 3. The summed E-state index contributed by atoms with van der Waals surface area (Å²) in [6.45, 7) is 1.74. The third-order valence-electron chi connectivity index (χ3n) is 2.83. The fraction of sp³-hybridized carbons (Fsp3) is 0.467. The van der Waals surface area contributed by atoms with Gasteiger partial charge in [0, 0.05) is 0 Å². The molecule has 0 saturated carbocycles. The van der Waals surface area contributed by atoms with Gasteiger partial charge in [0.2, 0.25) is 0 Å². The number of hydrogen-bond acceptors (Lipinski definition) is 4. The Kier molecular flexibility index (Phi) is 6.39. The first kappa shape index (κ1) is 18.0. The van der Waals surface area contributed by atoms with Crippen molar-refractivity contribution in [3.8, 4) is 5.75 Å². The summed E-state index contributed by atoms with van der Waals surface area (Å²) in [6.07, 6.45) is -4.27. The van der Waals surface area contributed by atoms with Crippen LogP contribution < -0.4 is 4.74 Å². The summed E-state index contributed by atoms with van der Waals surface area (Å²) in [4.78, 5) is 23.2. The fourth-order valence-corrected chi connectivity index (χ4v) is 1.76. The number of carbonyl (C=O) groups is 2. The van der Waals surface area contributed by atoms with Gasteiger partial charge in [0.15, 0.2) is 6.61 Å². The fourth-order valence-electron chi connectivity index (χ4n) is 1.76. The monoisotopic (exact) mass is 318 g/mol. The summed E-state index contributed by atoms with van der Waals surface area (Å²) in [6, 6.07) is 5.76. The molecule has 0 radical (unpaired) electrons. The first-order valence-corrected chi connectivity index (χ1v) is 6.68. The molecule has 0 bridgehead atoms. The molecule has 1 aromatic carbocycles. The van der Waals surface area contributed by atoms with E-state index in [1.807, 2.05) is 0 Å². The molecule has 4 nitrogen and oxygen atoms in total. The van der Waals surface area contributed by atoms with Crippen molar-refractivity contribution < 1.29 is 32.2 Å². The van der Waals surface area contributed by atoms with Crippen LogP contribution in [0.25, 0.3) is 0 Å². The third kappa shape index (κ3) is 6.15. The van der Waals surface area contributed by atoms with Crippen LogP contribution in [0.1, 0.15) is 19.4 Å². The molecule has 0 saturated heterocycles. The molecule has 0 spiro atoms. The molecule has 1 rings (SSSR count). The molecule has 0 fully saturated rings. The van der Waals surface area contributed by atoms with Crippen LogP contribution in [0.2, 0.25) is 0 Å². The van der Waals surface area contributed by atoms with Gasteiger partial charge in [0.05, 0.1) is 6.61 Å². The van der Waals surface area contributed by atoms with Gasteiger partial charge in [-0.25, -0.2) is 0 Å². The number of rotatable bonds is 7. The van der Waals surface area contributed by atoms with Crippen LogP contribution in [0.15, 0.2) is 24.3 Å². The normalized spacial score (nSPS) is 12.6. The Morgan fingerprint density at radius 1 is 1.18 bits per heavy atom. The first-order valence-electron chi connectivity index (χ1n) is 6.68. The molecule has 7 heteroatoms. The van der Waals surface area contributed by atoms with Crippen molar-refractivity contribution in [2.75, 3.05) is 13.2 Å². The number of hydrogen-bond donors (Lipinski definition) is 0. The SMILES string of the molecule is CCOC(=O)C(Cc1ccc(OCC(F)(F)F)cc1)C(C)=O. The van der Waals surface area contributed by atoms with Crippen molar-refractivity contribution in [2.45, 2.75) is 26.4 Å². The summed E-state index contributed by atoms with van der Waals surface area (Å²) in [5.74, 6) is -1.78. The van der Waals surface area contributed by atoms with Crippen LogP contribution in [-0.4, -0.2) is 31.1 Å². The molecule has 0 aromatic heterocycles. The Hall–Kier alpha value is -2.05. The van der Waals surface area contributed by atoms with Crippen molar-refractivity contribution in [1.82, 2.24) is 0 Å². The lowest BCUT2D eigenvalue weighted by atomic mass is 9.96. The second-order valence-electron chi connectivity index (χ2n) is 4.67. The Balaban J connectivity index is 2.69. The number of esters is 1. The molecule has 0 aliphatic rings. The topological polar surface area (TPSA) is 52.6 Å². The number of carbonyl (C=O) groups excluding carboxylic acids is 2. The van der Waals surface area contributed by atoms with Gasteiger partial charge < -0.3 is 9.47 Å². The van der Waals surface area contributed by atoms with E-state index in [0.29, 0.717) is 5.56 Å². The molecule has 0 aliphatic heterocycles. The lowest BCUT2D eigenvalue weighted by Crippen LogP contribution is -2.26. The summed E-state index contributed by atoms with van der Waals surface area (Å²) in [5.41, 5.74) is 0.632. The van der Waals surface area contributed by atoms with E-state index >= 15 is 0 Å². The standard InChI is InChI=1S/C15H17F3O4/c1-3-21-14(20)13(10(2)19)8-11-4-6-12(7-5-11)22-9-15(16,17)18/h4-7,13H,3,8-9H2,1-2H3. The number of ketones is 1. The number of ether oxygens (including phenoxy) is 2. The van der Waals surface area contributed by atoms with Crippen molar-refractivity contribution >= 4 is 11.8 Å². The van der Waals surface area contributed by atoms with E-state index in [4.69, 9.17) is 4.74 Å². The van der Waals surface area contributed by atoms with Crippen LogP contribution in [-0.2, 0) is 20.7 Å². The highest BCUT2D eigenvalue weighted by Gasteiger charge is 2.28. The van der Waals surface area contributed by atoms with Gasteiger partial charge in [0.1, 0.15) is 17.5 Å². The zero-order valence-corrected chi connectivity index (χ0v) is 12.3. The lowest BCUT2D eigenvalue weighted by Gasteiger charge is -2.13. The Bertz CT molecular complexity index is 509. The minimum atomic E-state index is -4.40. The second kappa shape index (κ2) is 7.82. The summed E-state index contributed by atoms with van der Waals surface area (Å²) in [5, 5.41) is 0. The second-order valence-corrected chi connectivity index (χ2v) is 4.67. The van der Waals surface area contributed by atoms with Crippen LogP contribution in [0.5, 0.6) is 5.75 Å². The molecular formula is C15H17F3O4. The van der Waals surface area contributed by atoms with Crippen molar-refractivity contribution in [1.29, 1.82) is 0 Å². The molecule has 1 unspecified atom stereocenters. The van der Waals surface area contributed by atoms with Crippen LogP contribution in [0.3, 0.4) is 0 Å². The molecule has 22 heavy (non-hydrogen) atoms. The molecule has 0 heterocycles. The van der Waals surface area contributed by atoms with E-state index in [1.54, 1.807) is 6.92 Å². The third-order valence-corrected chi connectivity index (χ3v) is 2.83. The predicted molar refractivity (Wildman–Crippen MR) is 72.5 cm³/mol. The van der Waals surface area contributed by atoms with Crippen molar-refractivity contribution in [3.63, 3.8) is 0 Å². The zero-order chi connectivity index (χ0) is 16.8. The molecule has 122 valence electrons. The smallest absolute Gasteiger partial charge is 0.422 e. The largest absolute Gasteiger partial charge is 0.484 e. The Labute approximate surface area is 126 Å². The molecule has 0 N–H and O–H groups in total. The van der Waals surface area contributed by atoms with Gasteiger partial charge >= 0.3 is 12.1 Å². The summed E-state index contributed by atoms with van der Waals surface area (Å²) < 4.78 is 45.5. The Morgan fingerprint density at radius 3 is 2.23 bits per heavy atom. The lowest BCUT2D eigenvalue weighted by molar-refractivity contribution is -0.153. The van der Waals surface area contributed by atoms with Crippen LogP contribution >= 0.6 is 0 Å². The molecule has 0 aliphatic carbocycles. The maximum atomic E-state index is 12.0. The van der Waals surface area contributed by atoms with Gasteiger partial charge in [-0.3, -0.25) is 9.59 Å². The molecular weight excluding hydrogens is 301 g/mol. The van der Waals surface area contributed by atoms with E-state index in [9.17, 15) is 22.8 Å². The van der Waals surface area contributed by atoms with E-state index in [1.165, 1.54) is 31.2 Å². The minimum absolute atomic E-state index is 0.0663. The maximum Gasteiger partial charge on any atom is 0.422 e. The zero-order valence-electron chi connectivity index (χ0n) is 12.3. The molecule has 1 atom stereocenters. The van der Waals surface area contributed by atoms with Gasteiger partial charge in [-0.05, 0) is 38.0 Å². The van der Waals surface area contributed by atoms with Gasteiger partial charge in [-0.1, -0.05) is 12.1 Å². The maximum absolute atomic E-state index is 12.0. The summed E-state index contributed by atoms with van der Waals surface area (Å²) >= 11 is 0. The van der Waals surface area contributed by atoms with Crippen LogP contribution in [0, 0.1) is 5.92 Å². The van der Waals surface area contributed by atoms with E-state index in [0.717, 1.165) is 0 Å². The Morgan fingerprint density at radius 2 is 1.77 bits per heavy atom. The minimum Gasteiger partial charge on any atom is -0.484 e. The average molecular weight is 318 g/mol. The number of benzene rings is 1. The highest BCUT2D eigenvalue weighted by molar-refractivity contribution is 5.98. The number of alkyl halides is 3. The number of Topliss-reactive ketones (excluding diaryl/α,β-unsaturated/α-hetero) is 1. The van der Waals surface area contributed by atoms with E-state index in [-0.39, 0.29) is 24.6 Å². The van der Waals surface area contributed by atoms with Gasteiger partial charge in [-0.2, -0.15) is 13.2 Å². The highest BCUT2D eigenvalue weighted by atomic mass is 19.4. The predicted octanol–water partition coefficient (Wildman–Crippen LogP) is 2.94. The summed E-state index contributed by atoms with van der Waals surface area (Å²) in [7, 11) is 0. The molecule has 1 aromatic rings. The highest BCUT2D eigenvalue weighted by Crippen LogP contribution is 2.20. The first-order chi connectivity index (χ1) is 10.2. The average Bonchev–Trinajstić information content (AvgIpc) is 2.42. The molecule has 0 amide bonds. The van der Waals surface area contributed by atoms with Gasteiger partial charge in [0.25, 0.3) is 0 Å². The van der Waals surface area contributed by atoms with Crippen molar-refractivity contribution in [2.24, 2.45) is 5.92 Å². The van der Waals surface area contributed by atoms with Crippen molar-refractivity contribution in [3.05, 3.63) is 29.8 Å². The van der Waals surface area contributed by atoms with E-state index < -0.39 is 24.7 Å². The van der Waals surface area contributed by atoms with E-state index in [2.05, 4.69) is 4.74 Å². The van der Waals surface area contributed by atoms with Gasteiger partial charge in [-0.15, -0.1) is 0 Å². The quantitative estimate of drug-likeness (QED) is 0.573.